The zero-order valence-corrected chi connectivity index (χ0v) is 8.74. The van der Waals surface area contributed by atoms with Gasteiger partial charge in [-0.25, -0.2) is 4.39 Å². The van der Waals surface area contributed by atoms with Crippen LogP contribution in [0.1, 0.15) is 35.2 Å². The molecule has 1 fully saturated rings. The number of halogens is 1. The molecule has 1 aromatic rings. The minimum Gasteiger partial charge on any atom is -0.535 e. The number of carbonyl (C=O) groups excluding carboxylic acids is 1. The lowest BCUT2D eigenvalue weighted by Gasteiger charge is -2.21. The third-order valence-corrected chi connectivity index (χ3v) is 3.33. The molecule has 3 rings (SSSR count). The molecule has 0 saturated heterocycles. The van der Waals surface area contributed by atoms with E-state index in [0.29, 0.717) is 0 Å². The zero-order valence-electron chi connectivity index (χ0n) is 8.74. The van der Waals surface area contributed by atoms with E-state index in [1.165, 1.54) is 13.0 Å². The second-order valence-electron chi connectivity index (χ2n) is 4.41. The van der Waals surface area contributed by atoms with Crippen molar-refractivity contribution in [1.29, 1.82) is 0 Å². The summed E-state index contributed by atoms with van der Waals surface area (Å²) in [4.78, 5) is 11.4. The monoisotopic (exact) mass is 220 g/mol. The number of hydrogen-bond donors (Lipinski definition) is 1. The normalized spacial score (nSPS) is 25.6. The second kappa shape index (κ2) is 3.07. The van der Waals surface area contributed by atoms with Gasteiger partial charge in [-0.05, 0) is 30.9 Å². The van der Waals surface area contributed by atoms with Crippen LogP contribution in [0.3, 0.4) is 0 Å². The van der Waals surface area contributed by atoms with Gasteiger partial charge in [0.1, 0.15) is 11.6 Å². The molecule has 5 heteroatoms. The van der Waals surface area contributed by atoms with E-state index in [4.69, 9.17) is 4.65 Å². The van der Waals surface area contributed by atoms with Crippen molar-refractivity contribution in [2.24, 2.45) is 0 Å². The van der Waals surface area contributed by atoms with Crippen LogP contribution in [0.4, 0.5) is 4.39 Å². The minimum absolute atomic E-state index is 0.0399. The van der Waals surface area contributed by atoms with Crippen molar-refractivity contribution >= 4 is 12.9 Å². The standard InChI is InChI=1S/C11H10BFO3/c1-5(14)10-9(13)3-2-6-7-4-8(7)12(15)16-11(6)10/h2-3,7-8,15H,4H2,1H3/t7-,8-/m1/s1. The Labute approximate surface area is 92.4 Å². The largest absolute Gasteiger partial charge is 0.535 e. The number of ketones is 1. The van der Waals surface area contributed by atoms with E-state index >= 15 is 0 Å². The molecule has 1 heterocycles. The molecule has 2 aliphatic rings. The van der Waals surface area contributed by atoms with Crippen LogP contribution in [0.5, 0.6) is 5.75 Å². The van der Waals surface area contributed by atoms with Crippen molar-refractivity contribution in [2.45, 2.75) is 25.1 Å². The van der Waals surface area contributed by atoms with Gasteiger partial charge in [0.25, 0.3) is 0 Å². The molecule has 1 aromatic carbocycles. The van der Waals surface area contributed by atoms with Crippen LogP contribution in [0.25, 0.3) is 0 Å². The van der Waals surface area contributed by atoms with Crippen molar-refractivity contribution in [2.75, 3.05) is 0 Å². The Bertz CT molecular complexity index is 488. The molecular formula is C11H10BFO3. The molecule has 0 unspecified atom stereocenters. The summed E-state index contributed by atoms with van der Waals surface area (Å²) in [6.45, 7) is 1.30. The topological polar surface area (TPSA) is 46.5 Å². The Morgan fingerprint density at radius 3 is 3.06 bits per heavy atom. The van der Waals surface area contributed by atoms with Gasteiger partial charge in [0.05, 0.1) is 5.56 Å². The molecule has 0 radical (unpaired) electrons. The van der Waals surface area contributed by atoms with E-state index in [1.807, 2.05) is 0 Å². The average Bonchev–Trinajstić information content (AvgIpc) is 2.96. The fourth-order valence-electron chi connectivity index (χ4n) is 2.42. The second-order valence-corrected chi connectivity index (χ2v) is 4.41. The molecule has 1 aliphatic carbocycles. The summed E-state index contributed by atoms with van der Waals surface area (Å²) in [5.41, 5.74) is 0.809. The van der Waals surface area contributed by atoms with Gasteiger partial charge in [-0.2, -0.15) is 0 Å². The maximum atomic E-state index is 13.5. The first-order valence-electron chi connectivity index (χ1n) is 5.27. The third-order valence-electron chi connectivity index (χ3n) is 3.33. The molecule has 0 aromatic heterocycles. The van der Waals surface area contributed by atoms with E-state index in [0.717, 1.165) is 12.0 Å². The van der Waals surface area contributed by atoms with Crippen LogP contribution in [0, 0.1) is 5.82 Å². The summed E-state index contributed by atoms with van der Waals surface area (Å²) in [7, 11) is -0.905. The maximum Gasteiger partial charge on any atom is 0.526 e. The van der Waals surface area contributed by atoms with Crippen LogP contribution in [-0.2, 0) is 0 Å². The van der Waals surface area contributed by atoms with Crippen molar-refractivity contribution in [1.82, 2.24) is 0 Å². The van der Waals surface area contributed by atoms with Crippen LogP contribution < -0.4 is 4.65 Å². The highest BCUT2D eigenvalue weighted by molar-refractivity contribution is 6.48. The summed E-state index contributed by atoms with van der Waals surface area (Å²) in [6.07, 6.45) is 0.844. The Balaban J connectivity index is 2.19. The Hall–Kier alpha value is -1.36. The summed E-state index contributed by atoms with van der Waals surface area (Å²) >= 11 is 0. The highest BCUT2D eigenvalue weighted by Gasteiger charge is 2.54. The molecule has 1 saturated carbocycles. The number of fused-ring (bicyclic) bond motifs is 3. The molecule has 2 atom stereocenters. The lowest BCUT2D eigenvalue weighted by atomic mass is 9.77. The molecule has 1 N–H and O–H groups in total. The number of rotatable bonds is 1. The fraction of sp³-hybridized carbons (Fsp3) is 0.364. The lowest BCUT2D eigenvalue weighted by Crippen LogP contribution is -2.27. The molecule has 1 aliphatic heterocycles. The van der Waals surface area contributed by atoms with Crippen LogP contribution in [0.2, 0.25) is 5.82 Å². The predicted molar refractivity (Wildman–Crippen MR) is 56.1 cm³/mol. The van der Waals surface area contributed by atoms with Gasteiger partial charge in [-0.3, -0.25) is 4.79 Å². The van der Waals surface area contributed by atoms with Gasteiger partial charge >= 0.3 is 7.12 Å². The van der Waals surface area contributed by atoms with Crippen molar-refractivity contribution in [3.05, 3.63) is 29.1 Å². The molecule has 0 amide bonds. The zero-order chi connectivity index (χ0) is 11.4. The van der Waals surface area contributed by atoms with Crippen molar-refractivity contribution in [3.63, 3.8) is 0 Å². The highest BCUT2D eigenvalue weighted by atomic mass is 19.1. The van der Waals surface area contributed by atoms with Gasteiger partial charge in [0.2, 0.25) is 0 Å². The van der Waals surface area contributed by atoms with Crippen molar-refractivity contribution < 1.29 is 18.9 Å². The van der Waals surface area contributed by atoms with Crippen LogP contribution in [0.15, 0.2) is 12.1 Å². The quantitative estimate of drug-likeness (QED) is 0.579. The lowest BCUT2D eigenvalue weighted by molar-refractivity contribution is 0.101. The van der Waals surface area contributed by atoms with Crippen LogP contribution >= 0.6 is 0 Å². The fourth-order valence-corrected chi connectivity index (χ4v) is 2.42. The van der Waals surface area contributed by atoms with Gasteiger partial charge in [-0.15, -0.1) is 0 Å². The molecular weight excluding hydrogens is 210 g/mol. The molecule has 82 valence electrons. The average molecular weight is 220 g/mol. The Morgan fingerprint density at radius 2 is 2.38 bits per heavy atom. The van der Waals surface area contributed by atoms with Crippen LogP contribution in [-0.4, -0.2) is 17.9 Å². The molecule has 16 heavy (non-hydrogen) atoms. The Morgan fingerprint density at radius 1 is 1.62 bits per heavy atom. The van der Waals surface area contributed by atoms with E-state index in [2.05, 4.69) is 0 Å². The SMILES string of the molecule is CC(=O)c1c(F)ccc2c1OB(O)[C@@H]1C[C@H]21. The first-order valence-corrected chi connectivity index (χ1v) is 5.27. The summed E-state index contributed by atoms with van der Waals surface area (Å²) in [6, 6.07) is 2.94. The van der Waals surface area contributed by atoms with E-state index in [9.17, 15) is 14.2 Å². The van der Waals surface area contributed by atoms with Gasteiger partial charge < -0.3 is 9.68 Å². The van der Waals surface area contributed by atoms with Crippen molar-refractivity contribution in [3.8, 4) is 5.75 Å². The predicted octanol–water partition coefficient (Wildman–Crippen LogP) is 1.76. The number of Topliss-reactive ketones (excluding diaryl/α,β-unsaturated/α-hetero) is 1. The smallest absolute Gasteiger partial charge is 0.526 e. The first kappa shape index (κ1) is 9.84. The number of benzene rings is 1. The molecule has 0 bridgehead atoms. The van der Waals surface area contributed by atoms with Gasteiger partial charge in [-0.1, -0.05) is 6.07 Å². The van der Waals surface area contributed by atoms with Gasteiger partial charge in [0, 0.05) is 5.82 Å². The molecule has 3 nitrogen and oxygen atoms in total. The summed E-state index contributed by atoms with van der Waals surface area (Å²) in [5.74, 6) is -0.396. The summed E-state index contributed by atoms with van der Waals surface area (Å²) in [5, 5.41) is 9.61. The third kappa shape index (κ3) is 1.21. The van der Waals surface area contributed by atoms with Gasteiger partial charge in [0.15, 0.2) is 5.78 Å². The Kier molecular flexibility index (Phi) is 1.89. The van der Waals surface area contributed by atoms with E-state index in [-0.39, 0.29) is 28.8 Å². The van der Waals surface area contributed by atoms with E-state index < -0.39 is 12.9 Å². The molecule has 0 spiro atoms. The number of hydrogen-bond acceptors (Lipinski definition) is 3. The highest BCUT2D eigenvalue weighted by Crippen LogP contribution is 2.60. The minimum atomic E-state index is -0.905. The summed E-state index contributed by atoms with van der Waals surface area (Å²) < 4.78 is 18.8. The first-order chi connectivity index (χ1) is 7.59. The maximum absolute atomic E-state index is 13.5. The number of carbonyl (C=O) groups is 1. The van der Waals surface area contributed by atoms with E-state index in [1.54, 1.807) is 6.07 Å².